The fourth-order valence-corrected chi connectivity index (χ4v) is 6.83. The van der Waals surface area contributed by atoms with E-state index in [1.165, 1.54) is 16.0 Å². The van der Waals surface area contributed by atoms with Crippen molar-refractivity contribution in [3.05, 3.63) is 59.7 Å². The molecule has 1 heterocycles. The number of likely N-dealkylation sites (tertiary alicyclic amines) is 1. The maximum atomic E-state index is 13.6. The monoisotopic (exact) mass is 474 g/mol. The highest BCUT2D eigenvalue weighted by Gasteiger charge is 2.74. The molecule has 2 saturated carbocycles. The van der Waals surface area contributed by atoms with Gasteiger partial charge in [0.1, 0.15) is 12.6 Å². The van der Waals surface area contributed by atoms with Gasteiger partial charge in [0, 0.05) is 19.0 Å². The van der Waals surface area contributed by atoms with Crippen LogP contribution in [-0.4, -0.2) is 53.7 Å². The van der Waals surface area contributed by atoms with Crippen molar-refractivity contribution >= 4 is 18.0 Å². The first-order valence-electron chi connectivity index (χ1n) is 12.6. The van der Waals surface area contributed by atoms with Gasteiger partial charge in [0.2, 0.25) is 5.91 Å². The highest BCUT2D eigenvalue weighted by atomic mass is 16.5. The Balaban J connectivity index is 1.13. The van der Waals surface area contributed by atoms with E-state index in [4.69, 9.17) is 4.74 Å². The maximum Gasteiger partial charge on any atom is 0.407 e. The van der Waals surface area contributed by atoms with E-state index in [0.29, 0.717) is 25.8 Å². The van der Waals surface area contributed by atoms with Crippen LogP contribution in [0.4, 0.5) is 4.79 Å². The number of aliphatic carboxylic acids is 1. The minimum Gasteiger partial charge on any atom is -0.480 e. The highest BCUT2D eigenvalue weighted by molar-refractivity contribution is 5.92. The van der Waals surface area contributed by atoms with Crippen molar-refractivity contribution in [2.24, 2.45) is 10.8 Å². The first kappa shape index (κ1) is 22.1. The maximum absolute atomic E-state index is 13.6. The van der Waals surface area contributed by atoms with Gasteiger partial charge in [-0.1, -0.05) is 55.0 Å². The summed E-state index contributed by atoms with van der Waals surface area (Å²) in [4.78, 5) is 39.6. The summed E-state index contributed by atoms with van der Waals surface area (Å²) in [6.07, 6.45) is 4.35. The molecule has 4 aliphatic rings. The molecule has 2 N–H and O–H groups in total. The lowest BCUT2D eigenvalue weighted by Gasteiger charge is -2.35. The Morgan fingerprint density at radius 1 is 1.00 bits per heavy atom. The summed E-state index contributed by atoms with van der Waals surface area (Å²) in [5.74, 6) is -1.08. The third-order valence-corrected chi connectivity index (χ3v) is 8.93. The van der Waals surface area contributed by atoms with Crippen molar-refractivity contribution < 1.29 is 24.2 Å². The Kier molecular flexibility index (Phi) is 5.13. The van der Waals surface area contributed by atoms with E-state index >= 15 is 0 Å². The lowest BCUT2D eigenvalue weighted by molar-refractivity contribution is -0.151. The number of rotatable bonds is 6. The third kappa shape index (κ3) is 3.35. The normalized spacial score (nSPS) is 25.5. The number of nitrogens with zero attached hydrogens (tertiary/aromatic N) is 1. The van der Waals surface area contributed by atoms with Gasteiger partial charge in [-0.25, -0.2) is 9.59 Å². The predicted octanol–water partition coefficient (Wildman–Crippen LogP) is 4.16. The van der Waals surface area contributed by atoms with Crippen LogP contribution < -0.4 is 5.32 Å². The largest absolute Gasteiger partial charge is 0.480 e. The molecule has 1 spiro atoms. The molecule has 0 bridgehead atoms. The number of carbonyl (C=O) groups is 3. The number of carboxylic acid groups (broad SMARTS) is 1. The van der Waals surface area contributed by atoms with Gasteiger partial charge in [-0.15, -0.1) is 0 Å². The van der Waals surface area contributed by atoms with Crippen molar-refractivity contribution in [2.75, 3.05) is 19.7 Å². The first-order valence-corrected chi connectivity index (χ1v) is 12.6. The van der Waals surface area contributed by atoms with Crippen LogP contribution in [-0.2, 0) is 14.3 Å². The second-order valence-corrected chi connectivity index (χ2v) is 10.6. The van der Waals surface area contributed by atoms with E-state index in [0.717, 1.165) is 30.4 Å². The first-order chi connectivity index (χ1) is 17.0. The van der Waals surface area contributed by atoms with E-state index < -0.39 is 23.5 Å². The smallest absolute Gasteiger partial charge is 0.407 e. The van der Waals surface area contributed by atoms with Gasteiger partial charge in [0.25, 0.3) is 0 Å². The number of fused-ring (bicyclic) bond motifs is 3. The number of carbonyl (C=O) groups excluding carboxylic acids is 2. The average molecular weight is 475 g/mol. The summed E-state index contributed by atoms with van der Waals surface area (Å²) in [7, 11) is 0. The van der Waals surface area contributed by atoms with Crippen molar-refractivity contribution in [3.63, 3.8) is 0 Å². The van der Waals surface area contributed by atoms with Gasteiger partial charge < -0.3 is 20.1 Å². The molecule has 2 unspecified atom stereocenters. The van der Waals surface area contributed by atoms with Crippen molar-refractivity contribution in [1.29, 1.82) is 0 Å². The highest BCUT2D eigenvalue weighted by Crippen LogP contribution is 2.74. The number of nitrogens with one attached hydrogen (secondary N) is 1. The van der Waals surface area contributed by atoms with Gasteiger partial charge in [0.15, 0.2) is 0 Å². The minimum atomic E-state index is -0.946. The van der Waals surface area contributed by atoms with Crippen LogP contribution in [0.5, 0.6) is 0 Å². The molecule has 35 heavy (non-hydrogen) atoms. The summed E-state index contributed by atoms with van der Waals surface area (Å²) in [6, 6.07) is 15.6. The molecule has 2 amide bonds. The van der Waals surface area contributed by atoms with Gasteiger partial charge >= 0.3 is 12.1 Å². The van der Waals surface area contributed by atoms with Crippen LogP contribution in [0.2, 0.25) is 0 Å². The van der Waals surface area contributed by atoms with Crippen LogP contribution in [0.15, 0.2) is 48.5 Å². The fourth-order valence-electron chi connectivity index (χ4n) is 6.83. The molecule has 2 atom stereocenters. The minimum absolute atomic E-state index is 0.0245. The van der Waals surface area contributed by atoms with Crippen LogP contribution in [0, 0.1) is 10.8 Å². The van der Waals surface area contributed by atoms with Crippen molar-refractivity contribution in [1.82, 2.24) is 10.2 Å². The molecular formula is C28H30N2O5. The van der Waals surface area contributed by atoms with Gasteiger partial charge in [0.05, 0.1) is 5.41 Å². The summed E-state index contributed by atoms with van der Waals surface area (Å²) >= 11 is 0. The van der Waals surface area contributed by atoms with Gasteiger partial charge in [-0.3, -0.25) is 4.79 Å². The Morgan fingerprint density at radius 2 is 1.66 bits per heavy atom. The summed E-state index contributed by atoms with van der Waals surface area (Å²) in [5, 5.41) is 12.4. The molecular weight excluding hydrogens is 444 g/mol. The number of amides is 2. The number of ether oxygens (including phenoxy) is 1. The molecule has 7 nitrogen and oxygen atoms in total. The zero-order valence-electron chi connectivity index (χ0n) is 19.7. The second-order valence-electron chi connectivity index (χ2n) is 10.6. The third-order valence-electron chi connectivity index (χ3n) is 8.93. The molecule has 1 aliphatic heterocycles. The fraction of sp³-hybridized carbons (Fsp3) is 0.464. The van der Waals surface area contributed by atoms with Crippen LogP contribution in [0.3, 0.4) is 0 Å². The zero-order chi connectivity index (χ0) is 24.2. The van der Waals surface area contributed by atoms with Crippen LogP contribution >= 0.6 is 0 Å². The Morgan fingerprint density at radius 3 is 2.23 bits per heavy atom. The second kappa shape index (κ2) is 8.11. The number of carboxylic acids is 1. The predicted molar refractivity (Wildman–Crippen MR) is 129 cm³/mol. The molecule has 182 valence electrons. The molecule has 0 radical (unpaired) electrons. The van der Waals surface area contributed by atoms with Crippen LogP contribution in [0.25, 0.3) is 11.1 Å². The van der Waals surface area contributed by atoms with Gasteiger partial charge in [-0.2, -0.15) is 0 Å². The summed E-state index contributed by atoms with van der Waals surface area (Å²) in [6.45, 7) is 0.892. The molecule has 2 aromatic rings. The molecule has 2 aromatic carbocycles. The summed E-state index contributed by atoms with van der Waals surface area (Å²) in [5.41, 5.74) is 3.85. The number of hydrogen-bond acceptors (Lipinski definition) is 4. The van der Waals surface area contributed by atoms with E-state index in [1.54, 1.807) is 0 Å². The van der Waals surface area contributed by atoms with E-state index in [-0.39, 0.29) is 30.4 Å². The quantitative estimate of drug-likeness (QED) is 0.655. The average Bonchev–Trinajstić information content (AvgIpc) is 3.15. The topological polar surface area (TPSA) is 95.9 Å². The molecule has 7 heteroatoms. The van der Waals surface area contributed by atoms with E-state index in [1.807, 2.05) is 24.3 Å². The SMILES string of the molecule is O=C(NCC1(C(=O)N2CCCC2C(=O)O)CC12CCC2)OCC1c2ccccc2-c2ccccc21. The van der Waals surface area contributed by atoms with E-state index in [9.17, 15) is 19.5 Å². The number of alkyl carbamates (subject to hydrolysis) is 1. The Labute approximate surface area is 204 Å². The van der Waals surface area contributed by atoms with Crippen molar-refractivity contribution in [2.45, 2.75) is 50.5 Å². The summed E-state index contributed by atoms with van der Waals surface area (Å²) < 4.78 is 5.68. The Bertz CT molecular complexity index is 1160. The number of benzene rings is 2. The molecule has 0 aromatic heterocycles. The molecule has 3 aliphatic carbocycles. The standard InChI is InChI=1S/C28H30N2O5/c31-24(32)23-11-5-14-30(23)25(33)28(16-27(28)12-6-13-27)17-29-26(34)35-15-22-20-9-3-1-7-18(20)19-8-2-4-10-21(19)22/h1-4,7-10,22-23H,5-6,11-17H2,(H,29,34)(H,31,32). The number of hydrogen-bond donors (Lipinski definition) is 2. The van der Waals surface area contributed by atoms with Crippen molar-refractivity contribution in [3.8, 4) is 11.1 Å². The van der Waals surface area contributed by atoms with Crippen LogP contribution in [0.1, 0.15) is 55.6 Å². The Hall–Kier alpha value is -3.35. The lowest BCUT2D eigenvalue weighted by atomic mass is 9.74. The molecule has 6 rings (SSSR count). The van der Waals surface area contributed by atoms with E-state index in [2.05, 4.69) is 29.6 Å². The molecule has 1 saturated heterocycles. The molecule has 3 fully saturated rings. The van der Waals surface area contributed by atoms with Gasteiger partial charge in [-0.05, 0) is 59.8 Å². The lowest BCUT2D eigenvalue weighted by Crippen LogP contribution is -2.50. The zero-order valence-corrected chi connectivity index (χ0v) is 19.7.